The van der Waals surface area contributed by atoms with E-state index in [1.165, 1.54) is 66.4 Å². The minimum absolute atomic E-state index is 0.843. The van der Waals surface area contributed by atoms with Crippen molar-refractivity contribution in [3.05, 3.63) is 146 Å². The zero-order valence-corrected chi connectivity index (χ0v) is 24.7. The number of benzene rings is 7. The molecule has 8 rings (SSSR count). The van der Waals surface area contributed by atoms with Gasteiger partial charge in [-0.05, 0) is 102 Å². The summed E-state index contributed by atoms with van der Waals surface area (Å²) in [6.07, 6.45) is 0. The third-order valence-corrected chi connectivity index (χ3v) is 8.83. The van der Waals surface area contributed by atoms with Gasteiger partial charge < -0.3 is 9.47 Å². The monoisotopic (exact) mass is 566 g/mol. The van der Waals surface area contributed by atoms with Crippen LogP contribution in [0.5, 0.6) is 11.5 Å². The number of ether oxygens (including phenoxy) is 2. The maximum absolute atomic E-state index is 5.59. The second-order valence-corrected chi connectivity index (χ2v) is 11.1. The molecule has 7 aromatic carbocycles. The topological polar surface area (TPSA) is 18.5 Å². The molecule has 2 heteroatoms. The first-order chi connectivity index (χ1) is 21.8. The normalized spacial score (nSPS) is 11.4. The van der Waals surface area contributed by atoms with E-state index < -0.39 is 0 Å². The molecule has 0 saturated carbocycles. The zero-order valence-electron chi connectivity index (χ0n) is 24.7. The first-order valence-electron chi connectivity index (χ1n) is 14.9. The standard InChI is InChI=1S/C42H30O2/c1-43-32-23-19-30(20-24-32)39-37(28-11-5-3-6-12-28)38(29-13-7-4-8-14-29)40(31-21-25-33(44-2)26-22-31)42-35-18-10-16-27-15-9-17-34(36(27)35)41(39)42/h3-26H,1-2H3. The minimum atomic E-state index is 0.843. The zero-order chi connectivity index (χ0) is 29.6. The summed E-state index contributed by atoms with van der Waals surface area (Å²) >= 11 is 0. The first-order valence-corrected chi connectivity index (χ1v) is 14.9. The molecule has 0 spiro atoms. The average molecular weight is 567 g/mol. The molecular weight excluding hydrogens is 536 g/mol. The molecule has 0 fully saturated rings. The molecule has 0 amide bonds. The SMILES string of the molecule is COc1ccc(-c2c(-c3ccccc3)c(-c3ccccc3)c(-c3ccc(OC)cc3)c3c2-c2cccc4cccc-3c24)cc1. The van der Waals surface area contributed by atoms with Gasteiger partial charge in [-0.2, -0.15) is 0 Å². The van der Waals surface area contributed by atoms with Gasteiger partial charge in [0.05, 0.1) is 14.2 Å². The highest BCUT2D eigenvalue weighted by Gasteiger charge is 2.33. The second kappa shape index (κ2) is 10.6. The molecule has 0 unspecified atom stereocenters. The third kappa shape index (κ3) is 4.03. The van der Waals surface area contributed by atoms with Gasteiger partial charge in [-0.15, -0.1) is 0 Å². The van der Waals surface area contributed by atoms with Crippen LogP contribution in [-0.4, -0.2) is 14.2 Å². The summed E-state index contributed by atoms with van der Waals surface area (Å²) < 4.78 is 11.2. The Kier molecular flexibility index (Phi) is 6.27. The molecule has 0 atom stereocenters. The van der Waals surface area contributed by atoms with Gasteiger partial charge in [0.1, 0.15) is 11.5 Å². The van der Waals surface area contributed by atoms with Crippen LogP contribution in [0.3, 0.4) is 0 Å². The Labute approximate surface area is 257 Å². The molecule has 0 N–H and O–H groups in total. The van der Waals surface area contributed by atoms with E-state index in [0.717, 1.165) is 22.6 Å². The Hall–Kier alpha value is -5.60. The second-order valence-electron chi connectivity index (χ2n) is 11.1. The lowest BCUT2D eigenvalue weighted by Gasteiger charge is -2.26. The number of hydrogen-bond donors (Lipinski definition) is 0. The predicted octanol–water partition coefficient (Wildman–Crippen LogP) is 11.2. The summed E-state index contributed by atoms with van der Waals surface area (Å²) in [5, 5.41) is 2.55. The number of rotatable bonds is 6. The van der Waals surface area contributed by atoms with Crippen LogP contribution in [-0.2, 0) is 0 Å². The van der Waals surface area contributed by atoms with Crippen LogP contribution < -0.4 is 9.47 Å². The lowest BCUT2D eigenvalue weighted by molar-refractivity contribution is 0.415. The molecule has 0 aliphatic heterocycles. The molecule has 7 aromatic rings. The molecule has 1 aliphatic carbocycles. The van der Waals surface area contributed by atoms with Gasteiger partial charge in [-0.3, -0.25) is 0 Å². The van der Waals surface area contributed by atoms with Gasteiger partial charge in [0, 0.05) is 0 Å². The summed E-state index contributed by atoms with van der Waals surface area (Å²) in [7, 11) is 3.44. The van der Waals surface area contributed by atoms with Crippen molar-refractivity contribution in [1.29, 1.82) is 0 Å². The smallest absolute Gasteiger partial charge is 0.118 e. The van der Waals surface area contributed by atoms with Crippen molar-refractivity contribution in [3.63, 3.8) is 0 Å². The fourth-order valence-corrected chi connectivity index (χ4v) is 6.93. The van der Waals surface area contributed by atoms with Gasteiger partial charge in [0.25, 0.3) is 0 Å². The predicted molar refractivity (Wildman–Crippen MR) is 183 cm³/mol. The number of methoxy groups -OCH3 is 2. The molecule has 44 heavy (non-hydrogen) atoms. The van der Waals surface area contributed by atoms with Crippen LogP contribution >= 0.6 is 0 Å². The van der Waals surface area contributed by atoms with E-state index in [9.17, 15) is 0 Å². The molecule has 0 saturated heterocycles. The van der Waals surface area contributed by atoms with Crippen molar-refractivity contribution in [2.75, 3.05) is 14.2 Å². The molecule has 1 aliphatic rings. The molecule has 0 radical (unpaired) electrons. The third-order valence-electron chi connectivity index (χ3n) is 8.83. The Morgan fingerprint density at radius 2 is 0.682 bits per heavy atom. The summed E-state index contributed by atoms with van der Waals surface area (Å²) in [5.74, 6) is 1.69. The molecule has 0 bridgehead atoms. The molecule has 210 valence electrons. The number of fused-ring (bicyclic) bond motifs is 3. The molecule has 0 aromatic heterocycles. The lowest BCUT2D eigenvalue weighted by atomic mass is 9.76. The van der Waals surface area contributed by atoms with Crippen LogP contribution in [0.2, 0.25) is 0 Å². The van der Waals surface area contributed by atoms with E-state index in [1.54, 1.807) is 14.2 Å². The summed E-state index contributed by atoms with van der Waals surface area (Å²) in [5.41, 5.74) is 14.6. The van der Waals surface area contributed by atoms with Crippen molar-refractivity contribution >= 4 is 10.8 Å². The van der Waals surface area contributed by atoms with E-state index in [2.05, 4.69) is 146 Å². The fraction of sp³-hybridized carbons (Fsp3) is 0.0476. The lowest BCUT2D eigenvalue weighted by Crippen LogP contribution is -1.99. The molecule has 2 nitrogen and oxygen atoms in total. The Morgan fingerprint density at radius 3 is 1.07 bits per heavy atom. The molecule has 0 heterocycles. The fourth-order valence-electron chi connectivity index (χ4n) is 6.93. The highest BCUT2D eigenvalue weighted by Crippen LogP contribution is 2.60. The van der Waals surface area contributed by atoms with Gasteiger partial charge in [-0.1, -0.05) is 121 Å². The van der Waals surface area contributed by atoms with Gasteiger partial charge in [0.15, 0.2) is 0 Å². The van der Waals surface area contributed by atoms with Crippen LogP contribution in [0.4, 0.5) is 0 Å². The van der Waals surface area contributed by atoms with Crippen LogP contribution in [0.1, 0.15) is 0 Å². The Balaban J connectivity index is 1.64. The quantitative estimate of drug-likeness (QED) is 0.199. The Morgan fingerprint density at radius 1 is 0.318 bits per heavy atom. The maximum atomic E-state index is 5.59. The number of hydrogen-bond acceptors (Lipinski definition) is 2. The Bertz CT molecular complexity index is 1990. The van der Waals surface area contributed by atoms with Crippen LogP contribution in [0.15, 0.2) is 146 Å². The van der Waals surface area contributed by atoms with Crippen molar-refractivity contribution in [2.45, 2.75) is 0 Å². The highest BCUT2D eigenvalue weighted by atomic mass is 16.5. The largest absolute Gasteiger partial charge is 0.497 e. The van der Waals surface area contributed by atoms with Gasteiger partial charge >= 0.3 is 0 Å². The van der Waals surface area contributed by atoms with Gasteiger partial charge in [0.2, 0.25) is 0 Å². The van der Waals surface area contributed by atoms with E-state index in [-0.39, 0.29) is 0 Å². The highest BCUT2D eigenvalue weighted by molar-refractivity contribution is 6.25. The van der Waals surface area contributed by atoms with Crippen molar-refractivity contribution < 1.29 is 9.47 Å². The van der Waals surface area contributed by atoms with Crippen LogP contribution in [0.25, 0.3) is 77.5 Å². The van der Waals surface area contributed by atoms with E-state index in [1.807, 2.05) is 0 Å². The average Bonchev–Trinajstić information content (AvgIpc) is 3.43. The van der Waals surface area contributed by atoms with Crippen molar-refractivity contribution in [3.8, 4) is 78.3 Å². The minimum Gasteiger partial charge on any atom is -0.497 e. The van der Waals surface area contributed by atoms with Crippen molar-refractivity contribution in [2.24, 2.45) is 0 Å². The maximum Gasteiger partial charge on any atom is 0.118 e. The van der Waals surface area contributed by atoms with Crippen molar-refractivity contribution in [1.82, 2.24) is 0 Å². The van der Waals surface area contributed by atoms with E-state index >= 15 is 0 Å². The van der Waals surface area contributed by atoms with E-state index in [0.29, 0.717) is 0 Å². The summed E-state index contributed by atoms with van der Waals surface area (Å²) in [6.45, 7) is 0. The van der Waals surface area contributed by atoms with Crippen LogP contribution in [0, 0.1) is 0 Å². The first kappa shape index (κ1) is 26.1. The summed E-state index contributed by atoms with van der Waals surface area (Å²) in [4.78, 5) is 0. The molecular formula is C42H30O2. The van der Waals surface area contributed by atoms with Gasteiger partial charge in [-0.25, -0.2) is 0 Å². The van der Waals surface area contributed by atoms with E-state index in [4.69, 9.17) is 9.47 Å². The summed E-state index contributed by atoms with van der Waals surface area (Å²) in [6, 6.07) is 52.2.